The van der Waals surface area contributed by atoms with Crippen LogP contribution in [0.4, 0.5) is 0 Å². The maximum Gasteiger partial charge on any atom is 0.233 e. The van der Waals surface area contributed by atoms with Gasteiger partial charge in [0.2, 0.25) is 5.91 Å². The Morgan fingerprint density at radius 3 is 2.52 bits per heavy atom. The second-order valence-corrected chi connectivity index (χ2v) is 11.3. The predicted octanol–water partition coefficient (Wildman–Crippen LogP) is 2.08. The molecule has 2 heterocycles. The smallest absolute Gasteiger partial charge is 0.233 e. The van der Waals surface area contributed by atoms with Crippen molar-refractivity contribution in [2.45, 2.75) is 43.6 Å². The number of hydrogen-bond donors (Lipinski definition) is 0. The van der Waals surface area contributed by atoms with Crippen molar-refractivity contribution in [1.82, 2.24) is 24.6 Å². The summed E-state index contributed by atoms with van der Waals surface area (Å²) in [7, 11) is 2.71. The molecule has 1 fully saturated rings. The highest BCUT2D eigenvalue weighted by Crippen LogP contribution is 2.27. The standard InChI is InChI=1S/C21H31N5O3S2/c1-5-18(24(2)3)20-22-23-21(26(20)13-16-9-7-6-8-10-16)30-14-19(27)25(4)17-11-12-31(28,29)15-17/h6-10,17-18H,5,11-15H2,1-4H3/t17-,18-/m1/s1. The molecular weight excluding hydrogens is 434 g/mol. The molecule has 0 spiro atoms. The molecule has 0 N–H and O–H groups in total. The summed E-state index contributed by atoms with van der Waals surface area (Å²) < 4.78 is 25.6. The molecule has 1 aromatic carbocycles. The maximum absolute atomic E-state index is 12.7. The molecule has 170 valence electrons. The third kappa shape index (κ3) is 5.87. The SMILES string of the molecule is CC[C@H](c1nnc(SCC(=O)N(C)[C@@H]2CCS(=O)(=O)C2)n1Cc1ccccc1)N(C)C. The van der Waals surface area contributed by atoms with Crippen molar-refractivity contribution < 1.29 is 13.2 Å². The normalized spacial score (nSPS) is 18.9. The lowest BCUT2D eigenvalue weighted by atomic mass is 10.2. The van der Waals surface area contributed by atoms with E-state index in [1.807, 2.05) is 32.3 Å². The summed E-state index contributed by atoms with van der Waals surface area (Å²) in [4.78, 5) is 16.4. The molecule has 0 bridgehead atoms. The molecule has 0 aliphatic carbocycles. The van der Waals surface area contributed by atoms with Gasteiger partial charge in [0.05, 0.1) is 29.8 Å². The molecule has 3 rings (SSSR count). The van der Waals surface area contributed by atoms with Gasteiger partial charge < -0.3 is 9.47 Å². The van der Waals surface area contributed by atoms with Crippen molar-refractivity contribution in [3.8, 4) is 0 Å². The monoisotopic (exact) mass is 465 g/mol. The van der Waals surface area contributed by atoms with Gasteiger partial charge in [0.15, 0.2) is 20.8 Å². The Hall–Kier alpha value is -1.91. The molecular formula is C21H31N5O3S2. The van der Waals surface area contributed by atoms with E-state index < -0.39 is 9.84 Å². The summed E-state index contributed by atoms with van der Waals surface area (Å²) in [5, 5.41) is 9.56. The largest absolute Gasteiger partial charge is 0.341 e. The Morgan fingerprint density at radius 1 is 1.23 bits per heavy atom. The molecule has 10 heteroatoms. The van der Waals surface area contributed by atoms with Gasteiger partial charge in [-0.2, -0.15) is 0 Å². The fourth-order valence-electron chi connectivity index (χ4n) is 3.86. The van der Waals surface area contributed by atoms with Crippen molar-refractivity contribution in [3.05, 3.63) is 41.7 Å². The van der Waals surface area contributed by atoms with E-state index in [1.54, 1.807) is 11.9 Å². The van der Waals surface area contributed by atoms with E-state index in [4.69, 9.17) is 0 Å². The summed E-state index contributed by atoms with van der Waals surface area (Å²) in [6, 6.07) is 10.00. The van der Waals surface area contributed by atoms with E-state index in [2.05, 4.69) is 38.7 Å². The van der Waals surface area contributed by atoms with Crippen molar-refractivity contribution >= 4 is 27.5 Å². The molecule has 0 unspecified atom stereocenters. The first-order valence-electron chi connectivity index (χ1n) is 10.4. The average Bonchev–Trinajstić information content (AvgIpc) is 3.29. The molecule has 1 saturated heterocycles. The molecule has 31 heavy (non-hydrogen) atoms. The van der Waals surface area contributed by atoms with Crippen LogP contribution in [0.15, 0.2) is 35.5 Å². The van der Waals surface area contributed by atoms with E-state index in [9.17, 15) is 13.2 Å². The summed E-state index contributed by atoms with van der Waals surface area (Å²) in [6.45, 7) is 2.74. The van der Waals surface area contributed by atoms with Gasteiger partial charge in [-0.1, -0.05) is 49.0 Å². The van der Waals surface area contributed by atoms with Gasteiger partial charge in [-0.3, -0.25) is 9.69 Å². The van der Waals surface area contributed by atoms with Gasteiger partial charge in [-0.25, -0.2) is 8.42 Å². The van der Waals surface area contributed by atoms with Crippen LogP contribution in [0, 0.1) is 0 Å². The van der Waals surface area contributed by atoms with E-state index >= 15 is 0 Å². The van der Waals surface area contributed by atoms with Crippen LogP contribution < -0.4 is 0 Å². The lowest BCUT2D eigenvalue weighted by Crippen LogP contribution is -2.38. The highest BCUT2D eigenvalue weighted by Gasteiger charge is 2.33. The number of aromatic nitrogens is 3. The van der Waals surface area contributed by atoms with Crippen molar-refractivity contribution in [1.29, 1.82) is 0 Å². The number of amides is 1. The molecule has 2 atom stereocenters. The molecule has 0 saturated carbocycles. The number of nitrogens with zero attached hydrogens (tertiary/aromatic N) is 5. The van der Waals surface area contributed by atoms with E-state index in [-0.39, 0.29) is 35.2 Å². The summed E-state index contributed by atoms with van der Waals surface area (Å²) in [6.07, 6.45) is 1.40. The maximum atomic E-state index is 12.7. The Kier molecular flexibility index (Phi) is 7.77. The first kappa shape index (κ1) is 23.7. The lowest BCUT2D eigenvalue weighted by Gasteiger charge is -2.24. The van der Waals surface area contributed by atoms with Crippen LogP contribution in [0.5, 0.6) is 0 Å². The highest BCUT2D eigenvalue weighted by molar-refractivity contribution is 7.99. The Labute approximate surface area is 188 Å². The third-order valence-corrected chi connectivity index (χ3v) is 8.41. The number of carbonyl (C=O) groups excluding carboxylic acids is 1. The second kappa shape index (κ2) is 10.1. The van der Waals surface area contributed by atoms with Gasteiger partial charge in [-0.05, 0) is 32.5 Å². The van der Waals surface area contributed by atoms with Crippen LogP contribution in [0.3, 0.4) is 0 Å². The molecule has 2 aromatic rings. The van der Waals surface area contributed by atoms with Crippen LogP contribution >= 0.6 is 11.8 Å². The fraction of sp³-hybridized carbons (Fsp3) is 0.571. The summed E-state index contributed by atoms with van der Waals surface area (Å²) in [5.74, 6) is 1.18. The Bertz CT molecular complexity index is 992. The third-order valence-electron chi connectivity index (χ3n) is 5.71. The number of carbonyl (C=O) groups is 1. The van der Waals surface area contributed by atoms with Gasteiger partial charge in [0.25, 0.3) is 0 Å². The molecule has 0 radical (unpaired) electrons. The topological polar surface area (TPSA) is 88.4 Å². The van der Waals surface area contributed by atoms with Crippen molar-refractivity contribution in [2.75, 3.05) is 38.4 Å². The van der Waals surface area contributed by atoms with Crippen LogP contribution in [-0.4, -0.2) is 83.3 Å². The minimum Gasteiger partial charge on any atom is -0.341 e. The highest BCUT2D eigenvalue weighted by atomic mass is 32.2. The first-order valence-corrected chi connectivity index (χ1v) is 13.2. The molecule has 1 aromatic heterocycles. The Morgan fingerprint density at radius 2 is 1.94 bits per heavy atom. The number of rotatable bonds is 9. The van der Waals surface area contributed by atoms with Crippen LogP contribution in [0.2, 0.25) is 0 Å². The number of thioether (sulfide) groups is 1. The zero-order chi connectivity index (χ0) is 22.6. The number of hydrogen-bond acceptors (Lipinski definition) is 7. The number of benzene rings is 1. The van der Waals surface area contributed by atoms with Crippen LogP contribution in [0.1, 0.15) is 37.2 Å². The molecule has 8 nitrogen and oxygen atoms in total. The summed E-state index contributed by atoms with van der Waals surface area (Å²) >= 11 is 1.35. The summed E-state index contributed by atoms with van der Waals surface area (Å²) in [5.41, 5.74) is 1.14. The predicted molar refractivity (Wildman–Crippen MR) is 123 cm³/mol. The quantitative estimate of drug-likeness (QED) is 0.524. The van der Waals surface area contributed by atoms with E-state index in [0.717, 1.165) is 17.8 Å². The number of sulfone groups is 1. The second-order valence-electron chi connectivity index (χ2n) is 8.15. The van der Waals surface area contributed by atoms with Gasteiger partial charge in [0.1, 0.15) is 0 Å². The minimum absolute atomic E-state index is 0.0509. The van der Waals surface area contributed by atoms with Gasteiger partial charge in [0, 0.05) is 13.1 Å². The molecule has 1 amide bonds. The van der Waals surface area contributed by atoms with Gasteiger partial charge >= 0.3 is 0 Å². The van der Waals surface area contributed by atoms with Crippen molar-refractivity contribution in [3.63, 3.8) is 0 Å². The molecule has 1 aliphatic heterocycles. The van der Waals surface area contributed by atoms with Crippen LogP contribution in [-0.2, 0) is 21.2 Å². The van der Waals surface area contributed by atoms with Crippen molar-refractivity contribution in [2.24, 2.45) is 0 Å². The van der Waals surface area contributed by atoms with E-state index in [1.165, 1.54) is 11.8 Å². The zero-order valence-corrected chi connectivity index (χ0v) is 20.2. The zero-order valence-electron chi connectivity index (χ0n) is 18.6. The lowest BCUT2D eigenvalue weighted by molar-refractivity contribution is -0.128. The average molecular weight is 466 g/mol. The Balaban J connectivity index is 1.77. The fourth-order valence-corrected chi connectivity index (χ4v) is 6.50. The van der Waals surface area contributed by atoms with E-state index in [0.29, 0.717) is 18.1 Å². The molecule has 1 aliphatic rings. The minimum atomic E-state index is -3.03. The first-order chi connectivity index (χ1) is 14.7. The van der Waals surface area contributed by atoms with Gasteiger partial charge in [-0.15, -0.1) is 10.2 Å². The van der Waals surface area contributed by atoms with Crippen LogP contribution in [0.25, 0.3) is 0 Å².